The van der Waals surface area contributed by atoms with E-state index in [0.29, 0.717) is 26.2 Å². The van der Waals surface area contributed by atoms with Crippen molar-refractivity contribution in [1.29, 1.82) is 0 Å². The van der Waals surface area contributed by atoms with Gasteiger partial charge in [0.1, 0.15) is 0 Å². The Morgan fingerprint density at radius 2 is 0.619 bits per heavy atom. The highest BCUT2D eigenvalue weighted by Gasteiger charge is 2.35. The van der Waals surface area contributed by atoms with Crippen LogP contribution in [-0.4, -0.2) is 83.8 Å². The lowest BCUT2D eigenvalue weighted by atomic mass is 9.96. The molecule has 0 N–H and O–H groups in total. The van der Waals surface area contributed by atoms with E-state index in [4.69, 9.17) is 0 Å². The molecular formula is C36H38N4O2. The van der Waals surface area contributed by atoms with Gasteiger partial charge in [0.15, 0.2) is 0 Å². The number of benzene rings is 4. The van der Waals surface area contributed by atoms with E-state index in [2.05, 4.69) is 107 Å². The van der Waals surface area contributed by atoms with Gasteiger partial charge in [-0.2, -0.15) is 0 Å². The minimum absolute atomic E-state index is 0.121. The summed E-state index contributed by atoms with van der Waals surface area (Å²) in [4.78, 5) is 35.1. The fourth-order valence-electron chi connectivity index (χ4n) is 6.41. The number of hydrogen-bond acceptors (Lipinski definition) is 4. The molecule has 2 amide bonds. The Labute approximate surface area is 248 Å². The fourth-order valence-corrected chi connectivity index (χ4v) is 6.41. The highest BCUT2D eigenvalue weighted by molar-refractivity contribution is 6.34. The average molecular weight is 559 g/mol. The Hall–Kier alpha value is -4.26. The zero-order valence-corrected chi connectivity index (χ0v) is 24.0. The molecule has 4 aromatic rings. The number of hydrogen-bond donors (Lipinski definition) is 0. The van der Waals surface area contributed by atoms with Crippen LogP contribution >= 0.6 is 0 Å². The molecule has 214 valence electrons. The lowest BCUT2D eigenvalue weighted by Crippen LogP contribution is -2.57. The smallest absolute Gasteiger partial charge is 0.312 e. The molecule has 2 aliphatic heterocycles. The number of amides is 2. The third kappa shape index (κ3) is 6.15. The number of carbonyl (C=O) groups excluding carboxylic acids is 2. The monoisotopic (exact) mass is 558 g/mol. The van der Waals surface area contributed by atoms with Crippen molar-refractivity contribution in [2.75, 3.05) is 52.4 Å². The Morgan fingerprint density at radius 1 is 0.381 bits per heavy atom. The second-order valence-corrected chi connectivity index (χ2v) is 11.1. The SMILES string of the molecule is O=C(C(=O)N1CCN(C(c2ccccc2)c2ccccc2)CC1)N1CCN(C(c2ccccc2)c2ccccc2)CC1. The zero-order chi connectivity index (χ0) is 28.7. The number of nitrogens with zero attached hydrogens (tertiary/aromatic N) is 4. The minimum atomic E-state index is -0.373. The van der Waals surface area contributed by atoms with Gasteiger partial charge in [-0.3, -0.25) is 19.4 Å². The average Bonchev–Trinajstić information content (AvgIpc) is 3.07. The van der Waals surface area contributed by atoms with E-state index in [-0.39, 0.29) is 23.9 Å². The van der Waals surface area contributed by atoms with Crippen molar-refractivity contribution >= 4 is 11.8 Å². The van der Waals surface area contributed by atoms with Crippen LogP contribution in [0.25, 0.3) is 0 Å². The molecule has 0 radical (unpaired) electrons. The molecule has 2 heterocycles. The number of piperazine rings is 2. The predicted octanol–water partition coefficient (Wildman–Crippen LogP) is 4.85. The summed E-state index contributed by atoms with van der Waals surface area (Å²) in [6.07, 6.45) is 0. The maximum atomic E-state index is 13.4. The first-order chi connectivity index (χ1) is 20.7. The van der Waals surface area contributed by atoms with Crippen molar-refractivity contribution in [2.45, 2.75) is 12.1 Å². The van der Waals surface area contributed by atoms with Crippen LogP contribution in [0.1, 0.15) is 34.3 Å². The van der Waals surface area contributed by atoms with Gasteiger partial charge in [-0.25, -0.2) is 0 Å². The molecule has 6 heteroatoms. The highest BCUT2D eigenvalue weighted by Crippen LogP contribution is 2.31. The van der Waals surface area contributed by atoms with E-state index in [1.54, 1.807) is 9.80 Å². The first-order valence-corrected chi connectivity index (χ1v) is 14.9. The molecule has 42 heavy (non-hydrogen) atoms. The lowest BCUT2D eigenvalue weighted by Gasteiger charge is -2.41. The summed E-state index contributed by atoms with van der Waals surface area (Å²) in [5, 5.41) is 0. The Bertz CT molecular complexity index is 1240. The summed E-state index contributed by atoms with van der Waals surface area (Å²) in [7, 11) is 0. The topological polar surface area (TPSA) is 47.1 Å². The standard InChI is InChI=1S/C36H38N4O2/c41-35(39-25-21-37(22-26-39)33(29-13-5-1-6-14-29)30-15-7-2-8-16-30)36(42)40-27-23-38(24-28-40)34(31-17-9-3-10-18-31)32-19-11-4-12-20-32/h1-20,33-34H,21-28H2. The van der Waals surface area contributed by atoms with E-state index >= 15 is 0 Å². The van der Waals surface area contributed by atoms with Crippen LogP contribution in [0.5, 0.6) is 0 Å². The molecule has 2 aliphatic rings. The molecule has 2 fully saturated rings. The summed E-state index contributed by atoms with van der Waals surface area (Å²) in [5.74, 6) is -0.747. The van der Waals surface area contributed by atoms with Crippen LogP contribution in [-0.2, 0) is 9.59 Å². The van der Waals surface area contributed by atoms with E-state index in [0.717, 1.165) is 26.2 Å². The molecule has 0 spiro atoms. The summed E-state index contributed by atoms with van der Waals surface area (Å²) in [6.45, 7) is 5.06. The first kappa shape index (κ1) is 27.9. The number of rotatable bonds is 6. The summed E-state index contributed by atoms with van der Waals surface area (Å²) < 4.78 is 0. The van der Waals surface area contributed by atoms with Crippen LogP contribution in [0, 0.1) is 0 Å². The minimum Gasteiger partial charge on any atom is -0.332 e. The molecule has 0 saturated carbocycles. The van der Waals surface area contributed by atoms with E-state index in [1.165, 1.54) is 22.3 Å². The maximum absolute atomic E-state index is 13.4. The fraction of sp³-hybridized carbons (Fsp3) is 0.278. The Balaban J connectivity index is 1.08. The normalized spacial score (nSPS) is 16.6. The molecule has 0 aromatic heterocycles. The van der Waals surface area contributed by atoms with Gasteiger partial charge in [-0.05, 0) is 22.3 Å². The van der Waals surface area contributed by atoms with Crippen molar-refractivity contribution in [2.24, 2.45) is 0 Å². The molecule has 6 nitrogen and oxygen atoms in total. The highest BCUT2D eigenvalue weighted by atomic mass is 16.2. The van der Waals surface area contributed by atoms with Gasteiger partial charge in [-0.1, -0.05) is 121 Å². The molecule has 0 unspecified atom stereocenters. The lowest BCUT2D eigenvalue weighted by molar-refractivity contribution is -0.154. The van der Waals surface area contributed by atoms with Crippen LogP contribution in [0.2, 0.25) is 0 Å². The van der Waals surface area contributed by atoms with Crippen molar-refractivity contribution < 1.29 is 9.59 Å². The Morgan fingerprint density at radius 3 is 0.857 bits per heavy atom. The Kier molecular flexibility index (Phi) is 8.73. The van der Waals surface area contributed by atoms with Gasteiger partial charge in [0.2, 0.25) is 0 Å². The number of carbonyl (C=O) groups is 2. The summed E-state index contributed by atoms with van der Waals surface area (Å²) in [5.41, 5.74) is 4.95. The zero-order valence-electron chi connectivity index (χ0n) is 24.0. The summed E-state index contributed by atoms with van der Waals surface area (Å²) in [6, 6.07) is 42.3. The van der Waals surface area contributed by atoms with Gasteiger partial charge in [0.25, 0.3) is 0 Å². The largest absolute Gasteiger partial charge is 0.332 e. The molecule has 0 atom stereocenters. The molecule has 0 bridgehead atoms. The van der Waals surface area contributed by atoms with Crippen molar-refractivity contribution in [3.05, 3.63) is 144 Å². The van der Waals surface area contributed by atoms with Crippen LogP contribution in [0.3, 0.4) is 0 Å². The van der Waals surface area contributed by atoms with Gasteiger partial charge in [0.05, 0.1) is 12.1 Å². The molecular weight excluding hydrogens is 520 g/mol. The second-order valence-electron chi connectivity index (χ2n) is 11.1. The van der Waals surface area contributed by atoms with Gasteiger partial charge < -0.3 is 9.80 Å². The molecule has 4 aromatic carbocycles. The van der Waals surface area contributed by atoms with Gasteiger partial charge in [0, 0.05) is 52.4 Å². The van der Waals surface area contributed by atoms with Crippen LogP contribution in [0.4, 0.5) is 0 Å². The summed E-state index contributed by atoms with van der Waals surface area (Å²) >= 11 is 0. The van der Waals surface area contributed by atoms with Gasteiger partial charge in [-0.15, -0.1) is 0 Å². The van der Waals surface area contributed by atoms with Crippen LogP contribution in [0.15, 0.2) is 121 Å². The molecule has 0 aliphatic carbocycles. The molecule has 6 rings (SSSR count). The maximum Gasteiger partial charge on any atom is 0.312 e. The van der Waals surface area contributed by atoms with Crippen molar-refractivity contribution in [3.63, 3.8) is 0 Å². The van der Waals surface area contributed by atoms with E-state index < -0.39 is 0 Å². The predicted molar refractivity (Wildman–Crippen MR) is 166 cm³/mol. The van der Waals surface area contributed by atoms with Gasteiger partial charge >= 0.3 is 11.8 Å². The third-order valence-corrected chi connectivity index (χ3v) is 8.58. The van der Waals surface area contributed by atoms with Crippen molar-refractivity contribution in [1.82, 2.24) is 19.6 Å². The molecule has 2 saturated heterocycles. The second kappa shape index (κ2) is 13.1. The van der Waals surface area contributed by atoms with Crippen LogP contribution < -0.4 is 0 Å². The van der Waals surface area contributed by atoms with E-state index in [1.807, 2.05) is 24.3 Å². The first-order valence-electron chi connectivity index (χ1n) is 14.9. The third-order valence-electron chi connectivity index (χ3n) is 8.58. The van der Waals surface area contributed by atoms with Crippen molar-refractivity contribution in [3.8, 4) is 0 Å². The quantitative estimate of drug-likeness (QED) is 0.318. The van der Waals surface area contributed by atoms with E-state index in [9.17, 15) is 9.59 Å².